The number of aryl methyl sites for hydroxylation is 1. The minimum atomic E-state index is -3.94. The molecule has 3 aromatic carbocycles. The lowest BCUT2D eigenvalue weighted by Gasteiger charge is -2.33. The van der Waals surface area contributed by atoms with E-state index in [0.29, 0.717) is 0 Å². The first-order valence-corrected chi connectivity index (χ1v) is 14.1. The van der Waals surface area contributed by atoms with Gasteiger partial charge in [0.1, 0.15) is 12.6 Å². The van der Waals surface area contributed by atoms with Crippen LogP contribution in [0.1, 0.15) is 16.7 Å². The van der Waals surface area contributed by atoms with Crippen LogP contribution in [0.25, 0.3) is 0 Å². The van der Waals surface area contributed by atoms with Crippen LogP contribution in [0, 0.1) is 6.92 Å². The Morgan fingerprint density at radius 2 is 1.59 bits per heavy atom. The topological polar surface area (TPSA) is 86.8 Å². The van der Waals surface area contributed by atoms with Crippen LogP contribution < -0.4 is 9.62 Å². The molecule has 37 heavy (non-hydrogen) atoms. The highest BCUT2D eigenvalue weighted by Crippen LogP contribution is 2.34. The molecular weight excluding hydrogens is 533 g/mol. The predicted octanol–water partition coefficient (Wildman–Crippen LogP) is 4.45. The highest BCUT2D eigenvalue weighted by molar-refractivity contribution is 7.92. The van der Waals surface area contributed by atoms with Crippen molar-refractivity contribution in [3.63, 3.8) is 0 Å². The number of likely N-dealkylation sites (N-methyl/N-ethyl adjacent to an activating group) is 1. The van der Waals surface area contributed by atoms with E-state index in [0.717, 1.165) is 27.3 Å². The maximum absolute atomic E-state index is 13.9. The summed E-state index contributed by atoms with van der Waals surface area (Å²) in [6, 6.07) is 20.5. The van der Waals surface area contributed by atoms with E-state index in [9.17, 15) is 18.0 Å². The fraction of sp³-hybridized carbons (Fsp3) is 0.259. The molecule has 3 rings (SSSR count). The molecule has 0 aliphatic heterocycles. The first-order chi connectivity index (χ1) is 17.5. The molecule has 0 fully saturated rings. The van der Waals surface area contributed by atoms with Crippen LogP contribution in [-0.2, 0) is 32.6 Å². The summed E-state index contributed by atoms with van der Waals surface area (Å²) < 4.78 is 26.5. The van der Waals surface area contributed by atoms with E-state index in [-0.39, 0.29) is 34.6 Å². The van der Waals surface area contributed by atoms with E-state index >= 15 is 0 Å². The lowest BCUT2D eigenvalue weighted by molar-refractivity contribution is -0.139. The van der Waals surface area contributed by atoms with Crippen molar-refractivity contribution < 1.29 is 18.0 Å². The molecule has 0 radical (unpaired) electrons. The van der Waals surface area contributed by atoms with Gasteiger partial charge in [-0.2, -0.15) is 0 Å². The molecule has 0 heterocycles. The second-order valence-electron chi connectivity index (χ2n) is 8.61. The van der Waals surface area contributed by atoms with Crippen molar-refractivity contribution in [3.05, 3.63) is 99.5 Å². The first kappa shape index (κ1) is 28.5. The van der Waals surface area contributed by atoms with E-state index in [1.54, 1.807) is 6.07 Å². The molecule has 0 aliphatic rings. The van der Waals surface area contributed by atoms with Gasteiger partial charge in [-0.1, -0.05) is 83.9 Å². The quantitative estimate of drug-likeness (QED) is 0.396. The highest BCUT2D eigenvalue weighted by atomic mass is 35.5. The molecule has 2 amide bonds. The molecule has 3 aromatic rings. The van der Waals surface area contributed by atoms with E-state index in [1.165, 1.54) is 24.1 Å². The number of amides is 2. The fourth-order valence-corrected chi connectivity index (χ4v) is 5.27. The maximum atomic E-state index is 13.9. The van der Waals surface area contributed by atoms with Crippen LogP contribution in [0.15, 0.2) is 72.8 Å². The smallest absolute Gasteiger partial charge is 0.244 e. The van der Waals surface area contributed by atoms with Gasteiger partial charge >= 0.3 is 0 Å². The molecule has 0 unspecified atom stereocenters. The molecule has 0 saturated heterocycles. The summed E-state index contributed by atoms with van der Waals surface area (Å²) in [6.07, 6.45) is 1.23. The third kappa shape index (κ3) is 7.25. The lowest BCUT2D eigenvalue weighted by Crippen LogP contribution is -2.53. The van der Waals surface area contributed by atoms with Crippen LogP contribution in [0.2, 0.25) is 10.0 Å². The first-order valence-electron chi connectivity index (χ1n) is 11.5. The molecule has 0 saturated carbocycles. The molecule has 7 nitrogen and oxygen atoms in total. The Labute approximate surface area is 228 Å². The standard InChI is InChI=1S/C27H29Cl2N3O4S/c1-19-10-7-8-13-21(19)17-31(24(27(34)30-2)16-20-11-5-4-6-12-20)25(33)18-32(37(3,35)36)23-15-9-14-22(28)26(23)29/h4-15,24H,16-18H2,1-3H3,(H,30,34)/t24-/m0/s1. The Hall–Kier alpha value is -3.07. The summed E-state index contributed by atoms with van der Waals surface area (Å²) in [5.41, 5.74) is 2.72. The molecule has 1 N–H and O–H groups in total. The zero-order valence-electron chi connectivity index (χ0n) is 20.8. The number of hydrogen-bond donors (Lipinski definition) is 1. The molecular formula is C27H29Cl2N3O4S. The highest BCUT2D eigenvalue weighted by Gasteiger charge is 2.33. The second kappa shape index (κ2) is 12.4. The molecule has 10 heteroatoms. The minimum absolute atomic E-state index is 0.0139. The second-order valence-corrected chi connectivity index (χ2v) is 11.3. The van der Waals surface area contributed by atoms with Crippen molar-refractivity contribution in [1.29, 1.82) is 0 Å². The number of nitrogens with zero attached hydrogens (tertiary/aromatic N) is 2. The number of carbonyl (C=O) groups excluding carboxylic acids is 2. The number of rotatable bonds is 10. The number of benzene rings is 3. The number of nitrogens with one attached hydrogen (secondary N) is 1. The van der Waals surface area contributed by atoms with Crippen molar-refractivity contribution in [3.8, 4) is 0 Å². The third-order valence-electron chi connectivity index (χ3n) is 6.00. The summed E-state index contributed by atoms with van der Waals surface area (Å²) in [6.45, 7) is 1.46. The van der Waals surface area contributed by atoms with Crippen LogP contribution in [0.5, 0.6) is 0 Å². The van der Waals surface area contributed by atoms with Gasteiger partial charge in [-0.25, -0.2) is 8.42 Å². The zero-order chi connectivity index (χ0) is 27.2. The maximum Gasteiger partial charge on any atom is 0.244 e. The third-order valence-corrected chi connectivity index (χ3v) is 7.93. The largest absolute Gasteiger partial charge is 0.357 e. The Morgan fingerprint density at radius 3 is 2.22 bits per heavy atom. The normalized spacial score (nSPS) is 12.0. The van der Waals surface area contributed by atoms with Crippen molar-refractivity contribution in [1.82, 2.24) is 10.2 Å². The average molecular weight is 563 g/mol. The van der Waals surface area contributed by atoms with E-state index in [2.05, 4.69) is 5.32 Å². The lowest BCUT2D eigenvalue weighted by atomic mass is 10.0. The van der Waals surface area contributed by atoms with Crippen LogP contribution in [0.3, 0.4) is 0 Å². The molecule has 0 spiro atoms. The zero-order valence-corrected chi connectivity index (χ0v) is 23.1. The van der Waals surface area contributed by atoms with E-state index in [1.807, 2.05) is 61.5 Å². The molecule has 0 bridgehead atoms. The van der Waals surface area contributed by atoms with Gasteiger partial charge in [-0.3, -0.25) is 13.9 Å². The summed E-state index contributed by atoms with van der Waals surface area (Å²) in [7, 11) is -2.43. The number of sulfonamides is 1. The van der Waals surface area contributed by atoms with Gasteiger partial charge in [0.2, 0.25) is 21.8 Å². The summed E-state index contributed by atoms with van der Waals surface area (Å²) >= 11 is 12.5. The van der Waals surface area contributed by atoms with Crippen molar-refractivity contribution in [2.45, 2.75) is 25.9 Å². The van der Waals surface area contributed by atoms with Crippen molar-refractivity contribution in [2.24, 2.45) is 0 Å². The molecule has 196 valence electrons. The van der Waals surface area contributed by atoms with E-state index < -0.39 is 28.5 Å². The number of anilines is 1. The predicted molar refractivity (Wildman–Crippen MR) is 148 cm³/mol. The van der Waals surface area contributed by atoms with Gasteiger partial charge < -0.3 is 10.2 Å². The number of carbonyl (C=O) groups is 2. The van der Waals surface area contributed by atoms with Gasteiger partial charge in [0.25, 0.3) is 0 Å². The van der Waals surface area contributed by atoms with Gasteiger partial charge in [0, 0.05) is 20.0 Å². The summed E-state index contributed by atoms with van der Waals surface area (Å²) in [5, 5.41) is 2.82. The summed E-state index contributed by atoms with van der Waals surface area (Å²) in [5.74, 6) is -0.924. The minimum Gasteiger partial charge on any atom is -0.357 e. The monoisotopic (exact) mass is 561 g/mol. The Kier molecular flexibility index (Phi) is 9.59. The average Bonchev–Trinajstić information content (AvgIpc) is 2.87. The fourth-order valence-electron chi connectivity index (χ4n) is 3.97. The number of hydrogen-bond acceptors (Lipinski definition) is 4. The van der Waals surface area contributed by atoms with Gasteiger partial charge in [0.15, 0.2) is 0 Å². The molecule has 0 aliphatic carbocycles. The molecule has 0 aromatic heterocycles. The Bertz CT molecular complexity index is 1370. The van der Waals surface area contributed by atoms with Gasteiger partial charge in [-0.05, 0) is 35.7 Å². The molecule has 1 atom stereocenters. The van der Waals surface area contributed by atoms with Crippen LogP contribution in [0.4, 0.5) is 5.69 Å². The SMILES string of the molecule is CNC(=O)[C@H](Cc1ccccc1)N(Cc1ccccc1C)C(=O)CN(c1cccc(Cl)c1Cl)S(C)(=O)=O. The number of halogens is 2. The van der Waals surface area contributed by atoms with Crippen molar-refractivity contribution >= 4 is 50.7 Å². The Balaban J connectivity index is 2.07. The van der Waals surface area contributed by atoms with Crippen LogP contribution >= 0.6 is 23.2 Å². The summed E-state index contributed by atoms with van der Waals surface area (Å²) in [4.78, 5) is 28.4. The van der Waals surface area contributed by atoms with E-state index in [4.69, 9.17) is 23.2 Å². The van der Waals surface area contributed by atoms with Gasteiger partial charge in [0.05, 0.1) is 22.0 Å². The Morgan fingerprint density at radius 1 is 0.946 bits per heavy atom. The van der Waals surface area contributed by atoms with Crippen LogP contribution in [-0.4, -0.2) is 51.0 Å². The van der Waals surface area contributed by atoms with Crippen molar-refractivity contribution in [2.75, 3.05) is 24.2 Å². The van der Waals surface area contributed by atoms with Gasteiger partial charge in [-0.15, -0.1) is 0 Å².